The number of nitrogens with zero attached hydrogens (tertiary/aromatic N) is 1. The zero-order valence-electron chi connectivity index (χ0n) is 35.9. The normalized spacial score (nSPS) is 11.9. The van der Waals surface area contributed by atoms with Crippen molar-refractivity contribution in [3.05, 3.63) is 237 Å². The van der Waals surface area contributed by atoms with E-state index in [1.165, 1.54) is 135 Å². The Morgan fingerprint density at radius 1 is 0.258 bits per heavy atom. The Bertz CT molecular complexity index is 4160. The molecule has 1 nitrogen and oxygen atoms in total. The first-order valence-corrected chi connectivity index (χ1v) is 23.6. The third-order valence-electron chi connectivity index (χ3n) is 14.0. The fourth-order valence-corrected chi connectivity index (χ4v) is 12.4. The second kappa shape index (κ2) is 14.6. The first kappa shape index (κ1) is 37.1. The molecule has 0 saturated carbocycles. The lowest BCUT2D eigenvalue weighted by atomic mass is 9.86. The molecule has 2 aromatic heterocycles. The van der Waals surface area contributed by atoms with Gasteiger partial charge in [-0.25, -0.2) is 0 Å². The summed E-state index contributed by atoms with van der Waals surface area (Å²) in [6.45, 7) is 0. The lowest BCUT2D eigenvalue weighted by Gasteiger charge is -2.20. The summed E-state index contributed by atoms with van der Waals surface area (Å²) in [7, 11) is 0. The van der Waals surface area contributed by atoms with Crippen molar-refractivity contribution in [2.45, 2.75) is 0 Å². The summed E-state index contributed by atoms with van der Waals surface area (Å²) in [5.74, 6) is 0. The largest absolute Gasteiger partial charge is 0.308 e. The maximum atomic E-state index is 2.52. The van der Waals surface area contributed by atoms with Gasteiger partial charge in [0.2, 0.25) is 0 Å². The van der Waals surface area contributed by atoms with Crippen molar-refractivity contribution in [1.82, 2.24) is 4.57 Å². The predicted octanol–water partition coefficient (Wildman–Crippen LogP) is 18.4. The molecular formula is C64H39NS. The van der Waals surface area contributed by atoms with Crippen LogP contribution in [0, 0.1) is 0 Å². The number of aromatic nitrogens is 1. The fraction of sp³-hybridized carbons (Fsp3) is 0. The highest BCUT2D eigenvalue weighted by Gasteiger charge is 2.23. The number of hydrogen-bond donors (Lipinski definition) is 0. The SMILES string of the molecule is c1ccc(-c2ccc3c(c2)c2ccccc2n3-c2c3ccccc3c(-c3cccc4c3sc3cc(-c5c6ccccc6c(-c6ccccc6)c6ccccc56)ccc34)c3ccccc23)cc1. The third kappa shape index (κ3) is 5.46. The van der Waals surface area contributed by atoms with Crippen LogP contribution in [0.15, 0.2) is 237 Å². The van der Waals surface area contributed by atoms with Crippen molar-refractivity contribution >= 4 is 96.4 Å². The molecule has 14 aromatic rings. The molecule has 0 unspecified atom stereocenters. The minimum Gasteiger partial charge on any atom is -0.308 e. The van der Waals surface area contributed by atoms with Gasteiger partial charge in [-0.15, -0.1) is 11.3 Å². The second-order valence-electron chi connectivity index (χ2n) is 17.5. The summed E-state index contributed by atoms with van der Waals surface area (Å²) in [4.78, 5) is 0. The highest BCUT2D eigenvalue weighted by Crippen LogP contribution is 2.50. The molecule has 2 heteroatoms. The number of fused-ring (bicyclic) bond motifs is 10. The molecule has 306 valence electrons. The molecule has 0 fully saturated rings. The molecule has 0 atom stereocenters. The average molecular weight is 854 g/mol. The van der Waals surface area contributed by atoms with Gasteiger partial charge in [-0.1, -0.05) is 212 Å². The van der Waals surface area contributed by atoms with E-state index in [2.05, 4.69) is 241 Å². The Kier molecular flexibility index (Phi) is 8.22. The summed E-state index contributed by atoms with van der Waals surface area (Å²) in [6, 6.07) is 87.6. The zero-order chi connectivity index (χ0) is 43.3. The number of thiophene rings is 1. The Hall–Kier alpha value is -8.30. The van der Waals surface area contributed by atoms with Crippen LogP contribution in [0.25, 0.3) is 135 Å². The minimum absolute atomic E-state index is 1.21. The van der Waals surface area contributed by atoms with E-state index in [9.17, 15) is 0 Å². The molecule has 0 bridgehead atoms. The van der Waals surface area contributed by atoms with E-state index in [0.29, 0.717) is 0 Å². The molecular weight excluding hydrogens is 815 g/mol. The van der Waals surface area contributed by atoms with Crippen LogP contribution >= 0.6 is 11.3 Å². The molecule has 0 saturated heterocycles. The minimum atomic E-state index is 1.21. The van der Waals surface area contributed by atoms with Crippen LogP contribution < -0.4 is 0 Å². The molecule has 2 heterocycles. The number of para-hydroxylation sites is 1. The highest BCUT2D eigenvalue weighted by molar-refractivity contribution is 7.26. The molecule has 0 radical (unpaired) electrons. The van der Waals surface area contributed by atoms with Crippen molar-refractivity contribution in [3.63, 3.8) is 0 Å². The van der Waals surface area contributed by atoms with E-state index < -0.39 is 0 Å². The average Bonchev–Trinajstić information content (AvgIpc) is 3.93. The van der Waals surface area contributed by atoms with Crippen molar-refractivity contribution in [3.8, 4) is 50.2 Å². The summed E-state index contributed by atoms with van der Waals surface area (Å²) >= 11 is 1.92. The number of benzene rings is 12. The van der Waals surface area contributed by atoms with E-state index in [1.54, 1.807) is 0 Å². The summed E-state index contributed by atoms with van der Waals surface area (Å²) in [6.07, 6.45) is 0. The zero-order valence-corrected chi connectivity index (χ0v) is 36.7. The third-order valence-corrected chi connectivity index (χ3v) is 15.2. The Labute approximate surface area is 385 Å². The Balaban J connectivity index is 1.00. The summed E-state index contributed by atoms with van der Waals surface area (Å²) in [5.41, 5.74) is 13.7. The predicted molar refractivity (Wildman–Crippen MR) is 285 cm³/mol. The van der Waals surface area contributed by atoms with Gasteiger partial charge in [0, 0.05) is 47.3 Å². The maximum absolute atomic E-state index is 2.52. The van der Waals surface area contributed by atoms with Gasteiger partial charge in [0.15, 0.2) is 0 Å². The monoisotopic (exact) mass is 853 g/mol. The molecule has 14 rings (SSSR count). The topological polar surface area (TPSA) is 4.93 Å². The molecule has 0 N–H and O–H groups in total. The van der Waals surface area contributed by atoms with Crippen LogP contribution in [-0.4, -0.2) is 4.57 Å². The maximum Gasteiger partial charge on any atom is 0.0619 e. The van der Waals surface area contributed by atoms with Gasteiger partial charge in [0.25, 0.3) is 0 Å². The first-order chi connectivity index (χ1) is 32.8. The molecule has 0 spiro atoms. The van der Waals surface area contributed by atoms with Crippen LogP contribution in [0.1, 0.15) is 0 Å². The fourth-order valence-electron chi connectivity index (χ4n) is 11.2. The van der Waals surface area contributed by atoms with E-state index in [0.717, 1.165) is 0 Å². The molecule has 12 aromatic carbocycles. The van der Waals surface area contributed by atoms with Gasteiger partial charge in [0.05, 0.1) is 16.7 Å². The van der Waals surface area contributed by atoms with Gasteiger partial charge in [-0.2, -0.15) is 0 Å². The first-order valence-electron chi connectivity index (χ1n) is 22.8. The van der Waals surface area contributed by atoms with Crippen molar-refractivity contribution in [2.24, 2.45) is 0 Å². The quantitative estimate of drug-likeness (QED) is 0.152. The lowest BCUT2D eigenvalue weighted by molar-refractivity contribution is 1.21. The van der Waals surface area contributed by atoms with E-state index in [1.807, 2.05) is 11.3 Å². The van der Waals surface area contributed by atoms with E-state index in [-0.39, 0.29) is 0 Å². The van der Waals surface area contributed by atoms with Crippen LogP contribution in [0.5, 0.6) is 0 Å². The van der Waals surface area contributed by atoms with Gasteiger partial charge in [-0.05, 0) is 95.5 Å². The van der Waals surface area contributed by atoms with Gasteiger partial charge >= 0.3 is 0 Å². The van der Waals surface area contributed by atoms with Crippen molar-refractivity contribution in [1.29, 1.82) is 0 Å². The Morgan fingerprint density at radius 2 is 0.727 bits per heavy atom. The summed E-state index contributed by atoms with van der Waals surface area (Å²) < 4.78 is 5.13. The molecule has 0 aliphatic rings. The molecule has 0 amide bonds. The second-order valence-corrected chi connectivity index (χ2v) is 18.5. The standard InChI is InChI=1S/C64H39NS/c1-3-18-40(19-4-1)42-35-37-58-56(38-42)44-22-15-16-33-57(44)65(58)63-52-29-13-11-27-50(52)62(51-28-12-14-30-53(51)63)55-32-17-31-54-45-36-34-43(39-59(45)66-64(54)55)61-48-25-9-7-23-46(48)60(41-20-5-2-6-21-41)47-24-8-10-26-49(47)61/h1-39H. The number of hydrogen-bond acceptors (Lipinski definition) is 1. The van der Waals surface area contributed by atoms with E-state index in [4.69, 9.17) is 0 Å². The van der Waals surface area contributed by atoms with Gasteiger partial charge < -0.3 is 4.57 Å². The number of rotatable bonds is 5. The van der Waals surface area contributed by atoms with Crippen LogP contribution in [0.4, 0.5) is 0 Å². The van der Waals surface area contributed by atoms with Gasteiger partial charge in [-0.3, -0.25) is 0 Å². The molecule has 66 heavy (non-hydrogen) atoms. The van der Waals surface area contributed by atoms with Crippen LogP contribution in [0.2, 0.25) is 0 Å². The lowest BCUT2D eigenvalue weighted by Crippen LogP contribution is -1.99. The van der Waals surface area contributed by atoms with Gasteiger partial charge in [0.1, 0.15) is 0 Å². The highest BCUT2D eigenvalue weighted by atomic mass is 32.1. The molecule has 0 aliphatic carbocycles. The van der Waals surface area contributed by atoms with Crippen LogP contribution in [-0.2, 0) is 0 Å². The van der Waals surface area contributed by atoms with Crippen LogP contribution in [0.3, 0.4) is 0 Å². The Morgan fingerprint density at radius 3 is 1.35 bits per heavy atom. The van der Waals surface area contributed by atoms with Crippen molar-refractivity contribution < 1.29 is 0 Å². The van der Waals surface area contributed by atoms with Crippen molar-refractivity contribution in [2.75, 3.05) is 0 Å². The van der Waals surface area contributed by atoms with E-state index >= 15 is 0 Å². The summed E-state index contributed by atoms with van der Waals surface area (Å²) in [5, 5.41) is 15.2. The molecule has 0 aliphatic heterocycles. The smallest absolute Gasteiger partial charge is 0.0619 e.